The smallest absolute Gasteiger partial charge is 0.325 e. The molecule has 7 heteroatoms. The predicted octanol–water partition coefficient (Wildman–Crippen LogP) is 3.75. The van der Waals surface area contributed by atoms with E-state index in [2.05, 4.69) is 36.3 Å². The Morgan fingerprint density at radius 2 is 1.84 bits per heavy atom. The summed E-state index contributed by atoms with van der Waals surface area (Å²) in [6, 6.07) is 7.27. The van der Waals surface area contributed by atoms with E-state index < -0.39 is 11.6 Å². The minimum Gasteiger partial charge on any atom is -0.370 e. The lowest BCUT2D eigenvalue weighted by atomic mass is 9.64. The number of hydrogen-bond donors (Lipinski definition) is 2. The summed E-state index contributed by atoms with van der Waals surface area (Å²) in [5.41, 5.74) is 0.798. The Bertz CT molecular complexity index is 877. The van der Waals surface area contributed by atoms with Gasteiger partial charge in [0.05, 0.1) is 11.4 Å². The van der Waals surface area contributed by atoms with Crippen LogP contribution in [0.4, 0.5) is 16.2 Å². The van der Waals surface area contributed by atoms with Gasteiger partial charge in [-0.25, -0.2) is 4.79 Å². The molecule has 4 amide bonds. The highest BCUT2D eigenvalue weighted by Gasteiger charge is 2.56. The van der Waals surface area contributed by atoms with Gasteiger partial charge in [0.2, 0.25) is 5.91 Å². The van der Waals surface area contributed by atoms with E-state index >= 15 is 0 Å². The number of carbonyl (C=O) groups is 3. The number of nitrogens with one attached hydrogen (secondary N) is 2. The van der Waals surface area contributed by atoms with Crippen molar-refractivity contribution >= 4 is 29.2 Å². The van der Waals surface area contributed by atoms with Gasteiger partial charge in [-0.05, 0) is 62.0 Å². The quantitative estimate of drug-likeness (QED) is 0.719. The Hall–Kier alpha value is -2.57. The molecular formula is C24H34N4O3. The van der Waals surface area contributed by atoms with Crippen LogP contribution in [0.3, 0.4) is 0 Å². The van der Waals surface area contributed by atoms with Crippen LogP contribution in [0.2, 0.25) is 0 Å². The van der Waals surface area contributed by atoms with Crippen molar-refractivity contribution in [2.24, 2.45) is 11.3 Å². The van der Waals surface area contributed by atoms with E-state index in [0.717, 1.165) is 48.6 Å². The molecule has 0 aromatic heterocycles. The first-order valence-electron chi connectivity index (χ1n) is 11.5. The molecule has 2 aliphatic heterocycles. The lowest BCUT2D eigenvalue weighted by Gasteiger charge is -2.43. The van der Waals surface area contributed by atoms with Crippen LogP contribution >= 0.6 is 0 Å². The molecule has 3 fully saturated rings. The minimum absolute atomic E-state index is 0.0355. The summed E-state index contributed by atoms with van der Waals surface area (Å²) < 4.78 is 0. The van der Waals surface area contributed by atoms with E-state index in [0.29, 0.717) is 18.8 Å². The number of anilines is 2. The molecule has 2 N–H and O–H groups in total. The van der Waals surface area contributed by atoms with Gasteiger partial charge in [0.15, 0.2) is 0 Å². The number of nitrogens with zero attached hydrogens (tertiary/aromatic N) is 2. The molecule has 1 spiro atoms. The van der Waals surface area contributed by atoms with Crippen molar-refractivity contribution in [3.63, 3.8) is 0 Å². The summed E-state index contributed by atoms with van der Waals surface area (Å²) in [4.78, 5) is 42.2. The fraction of sp³-hybridized carbons (Fsp3) is 0.625. The number of amides is 4. The van der Waals surface area contributed by atoms with Crippen LogP contribution in [0.5, 0.6) is 0 Å². The maximum atomic E-state index is 13.3. The molecule has 1 aliphatic carbocycles. The van der Waals surface area contributed by atoms with Crippen molar-refractivity contribution in [1.29, 1.82) is 0 Å². The Balaban J connectivity index is 1.46. The molecule has 2 saturated heterocycles. The molecule has 2 atom stereocenters. The highest BCUT2D eigenvalue weighted by atomic mass is 16.2. The third-order valence-electron chi connectivity index (χ3n) is 6.80. The topological polar surface area (TPSA) is 81.8 Å². The zero-order valence-corrected chi connectivity index (χ0v) is 18.9. The van der Waals surface area contributed by atoms with Gasteiger partial charge < -0.3 is 15.5 Å². The van der Waals surface area contributed by atoms with Crippen molar-refractivity contribution in [2.45, 2.75) is 64.8 Å². The molecule has 0 unspecified atom stereocenters. The Morgan fingerprint density at radius 1 is 1.13 bits per heavy atom. The number of rotatable bonds is 4. The lowest BCUT2D eigenvalue weighted by molar-refractivity contribution is -0.136. The number of hydrogen-bond acceptors (Lipinski definition) is 4. The number of piperidine rings is 1. The fourth-order valence-electron chi connectivity index (χ4n) is 5.97. The van der Waals surface area contributed by atoms with Gasteiger partial charge in [-0.1, -0.05) is 32.9 Å². The molecule has 1 saturated carbocycles. The normalized spacial score (nSPS) is 28.0. The third-order valence-corrected chi connectivity index (χ3v) is 6.80. The predicted molar refractivity (Wildman–Crippen MR) is 121 cm³/mol. The zero-order chi connectivity index (χ0) is 22.2. The van der Waals surface area contributed by atoms with E-state index in [-0.39, 0.29) is 23.8 Å². The molecule has 3 aliphatic rings. The first-order chi connectivity index (χ1) is 14.7. The summed E-state index contributed by atoms with van der Waals surface area (Å²) in [5.74, 6) is -0.289. The lowest BCUT2D eigenvalue weighted by Crippen LogP contribution is -2.54. The summed E-state index contributed by atoms with van der Waals surface area (Å²) >= 11 is 0. The second-order valence-electron chi connectivity index (χ2n) is 10.4. The van der Waals surface area contributed by atoms with Crippen LogP contribution in [0, 0.1) is 11.3 Å². The van der Waals surface area contributed by atoms with E-state index in [4.69, 9.17) is 0 Å². The second-order valence-corrected chi connectivity index (χ2v) is 10.4. The number of carbonyl (C=O) groups excluding carboxylic acids is 3. The first kappa shape index (κ1) is 21.7. The van der Waals surface area contributed by atoms with Crippen LogP contribution in [-0.4, -0.2) is 47.9 Å². The van der Waals surface area contributed by atoms with Crippen molar-refractivity contribution in [2.75, 3.05) is 29.9 Å². The first-order valence-corrected chi connectivity index (χ1v) is 11.5. The van der Waals surface area contributed by atoms with Gasteiger partial charge in [-0.3, -0.25) is 14.5 Å². The standard InChI is InChI=1S/C24H34N4O3/c1-17-13-23(2,3)16-24(14-17)21(30)28(22(31)26-24)15-20(29)25-18-9-5-6-10-19(18)27-11-7-4-8-12-27/h5-6,9-10,17H,4,7-8,11-16H2,1-3H3,(H,25,29)(H,26,31)/t17-,24+/m1/s1. The summed E-state index contributed by atoms with van der Waals surface area (Å²) in [5, 5.41) is 5.87. The molecule has 1 aromatic carbocycles. The van der Waals surface area contributed by atoms with Gasteiger partial charge >= 0.3 is 6.03 Å². The molecular weight excluding hydrogens is 392 g/mol. The number of benzene rings is 1. The van der Waals surface area contributed by atoms with E-state index in [1.807, 2.05) is 24.3 Å². The highest BCUT2D eigenvalue weighted by molar-refractivity contribution is 6.10. The molecule has 4 rings (SSSR count). The monoisotopic (exact) mass is 426 g/mol. The fourth-order valence-corrected chi connectivity index (χ4v) is 5.97. The zero-order valence-electron chi connectivity index (χ0n) is 18.9. The molecule has 0 bridgehead atoms. The average Bonchev–Trinajstić information content (AvgIpc) is 2.90. The van der Waals surface area contributed by atoms with Crippen LogP contribution in [0.15, 0.2) is 24.3 Å². The van der Waals surface area contributed by atoms with Crippen LogP contribution in [-0.2, 0) is 9.59 Å². The summed E-state index contributed by atoms with van der Waals surface area (Å²) in [7, 11) is 0. The van der Waals surface area contributed by atoms with Crippen molar-refractivity contribution < 1.29 is 14.4 Å². The van der Waals surface area contributed by atoms with Crippen LogP contribution < -0.4 is 15.5 Å². The van der Waals surface area contributed by atoms with Crippen LogP contribution in [0.1, 0.15) is 59.3 Å². The molecule has 1 aromatic rings. The number of urea groups is 1. The number of imide groups is 1. The Kier molecular flexibility index (Phi) is 5.71. The molecule has 2 heterocycles. The van der Waals surface area contributed by atoms with E-state index in [1.54, 1.807) is 0 Å². The van der Waals surface area contributed by atoms with E-state index in [1.165, 1.54) is 6.42 Å². The van der Waals surface area contributed by atoms with Gasteiger partial charge in [0.1, 0.15) is 12.1 Å². The number of para-hydroxylation sites is 2. The Labute approximate surface area is 184 Å². The molecule has 168 valence electrons. The van der Waals surface area contributed by atoms with Gasteiger partial charge in [-0.2, -0.15) is 0 Å². The van der Waals surface area contributed by atoms with Crippen molar-refractivity contribution in [3.05, 3.63) is 24.3 Å². The summed E-state index contributed by atoms with van der Waals surface area (Å²) in [6.07, 6.45) is 5.75. The molecule has 0 radical (unpaired) electrons. The largest absolute Gasteiger partial charge is 0.370 e. The average molecular weight is 427 g/mol. The van der Waals surface area contributed by atoms with Crippen LogP contribution in [0.25, 0.3) is 0 Å². The highest BCUT2D eigenvalue weighted by Crippen LogP contribution is 2.46. The second kappa shape index (κ2) is 8.17. The minimum atomic E-state index is -0.885. The van der Waals surface area contributed by atoms with Crippen molar-refractivity contribution in [3.8, 4) is 0 Å². The van der Waals surface area contributed by atoms with Gasteiger partial charge in [0, 0.05) is 13.1 Å². The SMILES string of the molecule is C[C@@H]1CC(C)(C)C[C@]2(C1)NC(=O)N(CC(=O)Nc1ccccc1N1CCCCC1)C2=O. The van der Waals surface area contributed by atoms with Crippen molar-refractivity contribution in [1.82, 2.24) is 10.2 Å². The third kappa shape index (κ3) is 4.41. The molecule has 7 nitrogen and oxygen atoms in total. The van der Waals surface area contributed by atoms with Gasteiger partial charge in [-0.15, -0.1) is 0 Å². The summed E-state index contributed by atoms with van der Waals surface area (Å²) in [6.45, 7) is 8.06. The maximum Gasteiger partial charge on any atom is 0.325 e. The van der Waals surface area contributed by atoms with E-state index in [9.17, 15) is 14.4 Å². The Morgan fingerprint density at radius 3 is 2.55 bits per heavy atom. The maximum absolute atomic E-state index is 13.3. The molecule has 31 heavy (non-hydrogen) atoms. The van der Waals surface area contributed by atoms with Gasteiger partial charge in [0.25, 0.3) is 5.91 Å².